The van der Waals surface area contributed by atoms with E-state index in [1.54, 1.807) is 49.4 Å². The molecule has 0 radical (unpaired) electrons. The molecule has 35 heavy (non-hydrogen) atoms. The fourth-order valence-corrected chi connectivity index (χ4v) is 4.49. The van der Waals surface area contributed by atoms with Crippen LogP contribution in [0.1, 0.15) is 32.8 Å². The summed E-state index contributed by atoms with van der Waals surface area (Å²) in [5, 5.41) is 3.53. The van der Waals surface area contributed by atoms with E-state index in [2.05, 4.69) is 5.32 Å². The highest BCUT2D eigenvalue weighted by Gasteiger charge is 2.31. The quantitative estimate of drug-likeness (QED) is 0.460. The van der Waals surface area contributed by atoms with Gasteiger partial charge < -0.3 is 15.0 Å². The molecule has 2 amide bonds. The Bertz CT molecular complexity index is 1160. The molecule has 1 N–H and O–H groups in total. The van der Waals surface area contributed by atoms with Crippen LogP contribution in [0, 0.1) is 0 Å². The molecular weight excluding hydrogens is 513 g/mol. The molecule has 2 aromatic rings. The summed E-state index contributed by atoms with van der Waals surface area (Å²) in [7, 11) is -2.45. The Kier molecular flexibility index (Phi) is 10.2. The molecule has 2 rings (SSSR count). The fourth-order valence-electron chi connectivity index (χ4n) is 3.31. The lowest BCUT2D eigenvalue weighted by atomic mass is 10.1. The van der Waals surface area contributed by atoms with Gasteiger partial charge in [0.1, 0.15) is 18.3 Å². The van der Waals surface area contributed by atoms with Gasteiger partial charge in [-0.05, 0) is 50.1 Å². The van der Waals surface area contributed by atoms with E-state index < -0.39 is 28.5 Å². The number of sulfonamides is 1. The van der Waals surface area contributed by atoms with Gasteiger partial charge in [0.15, 0.2) is 0 Å². The van der Waals surface area contributed by atoms with E-state index in [1.165, 1.54) is 12.0 Å². The summed E-state index contributed by atoms with van der Waals surface area (Å²) in [4.78, 5) is 27.8. The number of rotatable bonds is 11. The van der Waals surface area contributed by atoms with Crippen LogP contribution >= 0.6 is 23.2 Å². The van der Waals surface area contributed by atoms with Crippen LogP contribution in [-0.2, 0) is 26.2 Å². The van der Waals surface area contributed by atoms with Gasteiger partial charge >= 0.3 is 0 Å². The molecule has 11 heteroatoms. The maximum atomic E-state index is 13.6. The summed E-state index contributed by atoms with van der Waals surface area (Å²) in [6.45, 7) is 4.89. The molecule has 0 aliphatic heterocycles. The number of anilines is 1. The van der Waals surface area contributed by atoms with Gasteiger partial charge in [0.05, 0.1) is 29.1 Å². The van der Waals surface area contributed by atoms with Gasteiger partial charge in [-0.15, -0.1) is 0 Å². The van der Waals surface area contributed by atoms with Crippen molar-refractivity contribution >= 4 is 50.7 Å². The Morgan fingerprint density at radius 1 is 1.09 bits per heavy atom. The minimum Gasteiger partial charge on any atom is -0.495 e. The first-order valence-electron chi connectivity index (χ1n) is 11.0. The molecule has 0 bridgehead atoms. The Morgan fingerprint density at radius 2 is 1.74 bits per heavy atom. The summed E-state index contributed by atoms with van der Waals surface area (Å²) in [5.74, 6) is -0.625. The Hall–Kier alpha value is -2.49. The summed E-state index contributed by atoms with van der Waals surface area (Å²) < 4.78 is 31.6. The van der Waals surface area contributed by atoms with Crippen LogP contribution in [0.3, 0.4) is 0 Å². The van der Waals surface area contributed by atoms with Crippen molar-refractivity contribution < 1.29 is 22.7 Å². The fraction of sp³-hybridized carbons (Fsp3) is 0.417. The first-order valence-corrected chi connectivity index (χ1v) is 13.6. The Balaban J connectivity index is 2.45. The number of ether oxygens (including phenoxy) is 1. The van der Waals surface area contributed by atoms with Crippen molar-refractivity contribution in [2.24, 2.45) is 0 Å². The zero-order valence-electron chi connectivity index (χ0n) is 20.4. The Morgan fingerprint density at radius 3 is 2.31 bits per heavy atom. The van der Waals surface area contributed by atoms with E-state index in [0.29, 0.717) is 21.4 Å². The molecular formula is C24H31Cl2N3O5S. The number of amides is 2. The van der Waals surface area contributed by atoms with Crippen LogP contribution in [0.15, 0.2) is 42.5 Å². The largest absolute Gasteiger partial charge is 0.495 e. The predicted molar refractivity (Wildman–Crippen MR) is 140 cm³/mol. The molecule has 0 fully saturated rings. The molecule has 0 spiro atoms. The van der Waals surface area contributed by atoms with Gasteiger partial charge in [0.25, 0.3) is 0 Å². The van der Waals surface area contributed by atoms with Crippen LogP contribution in [0.2, 0.25) is 10.0 Å². The SMILES string of the molecule is CCC(C)NC(=O)C(C)N(Cc1ccc(Cl)c(Cl)c1)C(=O)CN(c1ccccc1OC)S(C)(=O)=O. The number of benzene rings is 2. The molecule has 2 unspecified atom stereocenters. The number of hydrogen-bond donors (Lipinski definition) is 1. The lowest BCUT2D eigenvalue weighted by Crippen LogP contribution is -2.52. The number of nitrogens with one attached hydrogen (secondary N) is 1. The number of hydrogen-bond acceptors (Lipinski definition) is 5. The van der Waals surface area contributed by atoms with Gasteiger partial charge in [-0.1, -0.05) is 48.3 Å². The van der Waals surface area contributed by atoms with Crippen LogP contribution in [0.25, 0.3) is 0 Å². The summed E-state index contributed by atoms with van der Waals surface area (Å²) >= 11 is 12.2. The second-order valence-corrected chi connectivity index (χ2v) is 10.9. The highest BCUT2D eigenvalue weighted by Crippen LogP contribution is 2.30. The van der Waals surface area contributed by atoms with E-state index in [0.717, 1.165) is 17.0 Å². The summed E-state index contributed by atoms with van der Waals surface area (Å²) in [6, 6.07) is 10.4. The maximum Gasteiger partial charge on any atom is 0.244 e. The monoisotopic (exact) mass is 543 g/mol. The third-order valence-corrected chi connectivity index (χ3v) is 7.40. The van der Waals surface area contributed by atoms with Crippen LogP contribution in [0.4, 0.5) is 5.69 Å². The number of methoxy groups -OCH3 is 1. The number of carbonyl (C=O) groups excluding carboxylic acids is 2. The number of nitrogens with zero attached hydrogens (tertiary/aromatic N) is 2. The second kappa shape index (κ2) is 12.5. The predicted octanol–water partition coefficient (Wildman–Crippen LogP) is 4.10. The number of halogens is 2. The summed E-state index contributed by atoms with van der Waals surface area (Å²) in [5.41, 5.74) is 0.858. The van der Waals surface area contributed by atoms with Crippen molar-refractivity contribution in [1.82, 2.24) is 10.2 Å². The van der Waals surface area contributed by atoms with Crippen molar-refractivity contribution in [2.45, 2.75) is 45.8 Å². The third kappa shape index (κ3) is 7.75. The van der Waals surface area contributed by atoms with E-state index in [1.807, 2.05) is 13.8 Å². The molecule has 0 heterocycles. The first-order chi connectivity index (χ1) is 16.4. The maximum absolute atomic E-state index is 13.6. The molecule has 0 saturated heterocycles. The molecule has 0 aliphatic carbocycles. The third-order valence-electron chi connectivity index (χ3n) is 5.54. The minimum atomic E-state index is -3.87. The van der Waals surface area contributed by atoms with Crippen molar-refractivity contribution in [1.29, 1.82) is 0 Å². The van der Waals surface area contributed by atoms with Gasteiger partial charge in [0.2, 0.25) is 21.8 Å². The normalized spacial score (nSPS) is 13.0. The average molecular weight is 545 g/mol. The number of carbonyl (C=O) groups is 2. The van der Waals surface area contributed by atoms with Crippen LogP contribution in [-0.4, -0.2) is 57.1 Å². The van der Waals surface area contributed by atoms with Gasteiger partial charge in [0, 0.05) is 12.6 Å². The number of para-hydroxylation sites is 2. The van der Waals surface area contributed by atoms with Crippen molar-refractivity contribution in [3.8, 4) is 5.75 Å². The molecule has 0 aromatic heterocycles. The smallest absolute Gasteiger partial charge is 0.244 e. The van der Waals surface area contributed by atoms with E-state index in [4.69, 9.17) is 27.9 Å². The van der Waals surface area contributed by atoms with Crippen molar-refractivity contribution in [3.63, 3.8) is 0 Å². The standard InChI is InChI=1S/C24H31Cl2N3O5S/c1-6-16(2)27-24(31)17(3)28(14-18-11-12-19(25)20(26)13-18)23(30)15-29(35(5,32)33)21-9-7-8-10-22(21)34-4/h7-13,16-17H,6,14-15H2,1-5H3,(H,27,31). The molecule has 0 saturated carbocycles. The average Bonchev–Trinajstić information content (AvgIpc) is 2.81. The first kappa shape index (κ1) is 28.7. The van der Waals surface area contributed by atoms with Crippen molar-refractivity contribution in [3.05, 3.63) is 58.1 Å². The molecule has 8 nitrogen and oxygen atoms in total. The second-order valence-electron chi connectivity index (χ2n) is 8.21. The molecule has 2 atom stereocenters. The molecule has 192 valence electrons. The van der Waals surface area contributed by atoms with E-state index in [9.17, 15) is 18.0 Å². The lowest BCUT2D eigenvalue weighted by molar-refractivity contribution is -0.139. The molecule has 0 aliphatic rings. The molecule has 2 aromatic carbocycles. The highest BCUT2D eigenvalue weighted by atomic mass is 35.5. The van der Waals surface area contributed by atoms with E-state index in [-0.39, 0.29) is 24.2 Å². The zero-order chi connectivity index (χ0) is 26.3. The van der Waals surface area contributed by atoms with Crippen molar-refractivity contribution in [2.75, 3.05) is 24.2 Å². The zero-order valence-corrected chi connectivity index (χ0v) is 22.7. The van der Waals surface area contributed by atoms with Gasteiger partial charge in [-0.25, -0.2) is 8.42 Å². The summed E-state index contributed by atoms with van der Waals surface area (Å²) in [6.07, 6.45) is 1.73. The van der Waals surface area contributed by atoms with Crippen LogP contribution < -0.4 is 14.4 Å². The highest BCUT2D eigenvalue weighted by molar-refractivity contribution is 7.92. The minimum absolute atomic E-state index is 0.0222. The van der Waals surface area contributed by atoms with Gasteiger partial charge in [-0.3, -0.25) is 13.9 Å². The lowest BCUT2D eigenvalue weighted by Gasteiger charge is -2.32. The van der Waals surface area contributed by atoms with E-state index >= 15 is 0 Å². The Labute approximate surface area is 217 Å². The van der Waals surface area contributed by atoms with Gasteiger partial charge in [-0.2, -0.15) is 0 Å². The topological polar surface area (TPSA) is 96.0 Å². The van der Waals surface area contributed by atoms with Crippen LogP contribution in [0.5, 0.6) is 5.75 Å².